The zero-order chi connectivity index (χ0) is 20.4. The number of carboxylic acid groups (broad SMARTS) is 1. The van der Waals surface area contributed by atoms with Gasteiger partial charge in [-0.2, -0.15) is 0 Å². The molecule has 0 spiro atoms. The van der Waals surface area contributed by atoms with Crippen LogP contribution in [-0.4, -0.2) is 19.3 Å². The summed E-state index contributed by atoms with van der Waals surface area (Å²) < 4.78 is 28.2. The van der Waals surface area contributed by atoms with E-state index in [0.29, 0.717) is 11.1 Å². The molecular formula is C18H19N2O6S-. The third-order valence-electron chi connectivity index (χ3n) is 4.02. The standard InChI is InChI=1S/C18H20N2O6S/c1-11-7-12(2)18(13(3)8-11)27(25,26)19-16(10-17(21)22)14-5-4-6-15(9-14)20(23)24/h4-9,16,19H,10H2,1-3H3,(H,21,22)/p-1/t16-/m0/s1. The van der Waals surface area contributed by atoms with Crippen molar-refractivity contribution >= 4 is 21.7 Å². The zero-order valence-electron chi connectivity index (χ0n) is 15.1. The van der Waals surface area contributed by atoms with Crippen LogP contribution in [-0.2, 0) is 14.8 Å². The number of aryl methyl sites for hydroxylation is 3. The number of carbonyl (C=O) groups excluding carboxylic acids is 1. The second kappa shape index (κ2) is 7.85. The molecule has 1 atom stereocenters. The van der Waals surface area contributed by atoms with E-state index in [0.717, 1.165) is 11.6 Å². The van der Waals surface area contributed by atoms with Crippen molar-refractivity contribution in [2.24, 2.45) is 0 Å². The van der Waals surface area contributed by atoms with Gasteiger partial charge in [0.2, 0.25) is 10.0 Å². The summed E-state index contributed by atoms with van der Waals surface area (Å²) in [7, 11) is -4.08. The van der Waals surface area contributed by atoms with Gasteiger partial charge in [-0.05, 0) is 37.5 Å². The Kier molecular flexibility index (Phi) is 5.97. The number of nitro benzene ring substituents is 1. The average molecular weight is 391 g/mol. The fourth-order valence-corrected chi connectivity index (χ4v) is 4.76. The molecule has 1 N–H and O–H groups in total. The first-order chi connectivity index (χ1) is 12.5. The summed E-state index contributed by atoms with van der Waals surface area (Å²) in [4.78, 5) is 21.5. The van der Waals surface area contributed by atoms with E-state index < -0.39 is 33.4 Å². The molecule has 0 radical (unpaired) electrons. The maximum atomic E-state index is 12.9. The van der Waals surface area contributed by atoms with Crippen molar-refractivity contribution in [1.29, 1.82) is 0 Å². The van der Waals surface area contributed by atoms with Gasteiger partial charge in [-0.3, -0.25) is 10.1 Å². The minimum absolute atomic E-state index is 0.0573. The Morgan fingerprint density at radius 3 is 2.26 bits per heavy atom. The zero-order valence-corrected chi connectivity index (χ0v) is 15.9. The van der Waals surface area contributed by atoms with E-state index in [-0.39, 0.29) is 16.1 Å². The van der Waals surface area contributed by atoms with Crippen LogP contribution in [0.2, 0.25) is 0 Å². The summed E-state index contributed by atoms with van der Waals surface area (Å²) >= 11 is 0. The summed E-state index contributed by atoms with van der Waals surface area (Å²) in [5.74, 6) is -1.48. The van der Waals surface area contributed by atoms with E-state index in [1.54, 1.807) is 26.0 Å². The van der Waals surface area contributed by atoms with Crippen molar-refractivity contribution in [2.75, 3.05) is 0 Å². The van der Waals surface area contributed by atoms with Crippen LogP contribution in [0.5, 0.6) is 0 Å². The first kappa shape index (κ1) is 20.5. The number of carboxylic acids is 1. The lowest BCUT2D eigenvalue weighted by Gasteiger charge is -2.21. The number of sulfonamides is 1. The van der Waals surface area contributed by atoms with Gasteiger partial charge in [0.1, 0.15) is 0 Å². The number of non-ortho nitro benzene ring substituents is 1. The van der Waals surface area contributed by atoms with Gasteiger partial charge in [-0.25, -0.2) is 13.1 Å². The molecule has 0 aromatic heterocycles. The Hall–Kier alpha value is -2.78. The molecule has 0 heterocycles. The Morgan fingerprint density at radius 2 is 1.74 bits per heavy atom. The largest absolute Gasteiger partial charge is 0.550 e. The number of rotatable bonds is 7. The van der Waals surface area contributed by atoms with E-state index >= 15 is 0 Å². The van der Waals surface area contributed by atoms with Crippen LogP contribution in [0.4, 0.5) is 5.69 Å². The Labute approximate surface area is 157 Å². The number of carbonyl (C=O) groups is 1. The van der Waals surface area contributed by atoms with Gasteiger partial charge in [-0.1, -0.05) is 29.8 Å². The number of nitro groups is 1. The highest BCUT2D eigenvalue weighted by atomic mass is 32.2. The number of nitrogens with one attached hydrogen (secondary N) is 1. The predicted molar refractivity (Wildman–Crippen MR) is 96.4 cm³/mol. The summed E-state index contributed by atoms with van der Waals surface area (Å²) in [5, 5.41) is 22.1. The molecule has 0 saturated carbocycles. The van der Waals surface area contributed by atoms with E-state index in [1.807, 2.05) is 6.92 Å². The fourth-order valence-electron chi connectivity index (χ4n) is 3.09. The Balaban J connectivity index is 2.49. The third-order valence-corrected chi connectivity index (χ3v) is 5.80. The second-order valence-electron chi connectivity index (χ2n) is 6.33. The van der Waals surface area contributed by atoms with Crippen LogP contribution < -0.4 is 9.83 Å². The lowest BCUT2D eigenvalue weighted by molar-refractivity contribution is -0.385. The lowest BCUT2D eigenvalue weighted by Crippen LogP contribution is -2.34. The molecule has 9 heteroatoms. The van der Waals surface area contributed by atoms with Crippen LogP contribution >= 0.6 is 0 Å². The quantitative estimate of drug-likeness (QED) is 0.564. The van der Waals surface area contributed by atoms with Gasteiger partial charge < -0.3 is 9.90 Å². The summed E-state index contributed by atoms with van der Waals surface area (Å²) in [6, 6.07) is 7.39. The number of aliphatic carboxylic acids is 1. The molecule has 0 aliphatic rings. The van der Waals surface area contributed by atoms with Crippen molar-refractivity contribution in [1.82, 2.24) is 4.72 Å². The highest BCUT2D eigenvalue weighted by molar-refractivity contribution is 7.89. The van der Waals surface area contributed by atoms with Gasteiger partial charge >= 0.3 is 0 Å². The first-order valence-corrected chi connectivity index (χ1v) is 9.54. The molecule has 0 saturated heterocycles. The molecule has 0 amide bonds. The second-order valence-corrected chi connectivity index (χ2v) is 7.98. The number of nitrogens with zero attached hydrogens (tertiary/aromatic N) is 1. The molecule has 27 heavy (non-hydrogen) atoms. The number of hydrogen-bond donors (Lipinski definition) is 1. The van der Waals surface area contributed by atoms with Crippen LogP contribution in [0, 0.1) is 30.9 Å². The number of benzene rings is 2. The average Bonchev–Trinajstić information content (AvgIpc) is 2.52. The molecule has 2 rings (SSSR count). The smallest absolute Gasteiger partial charge is 0.269 e. The summed E-state index contributed by atoms with van der Waals surface area (Å²) in [5.41, 5.74) is 1.84. The minimum atomic E-state index is -4.08. The van der Waals surface area contributed by atoms with Crippen molar-refractivity contribution in [3.63, 3.8) is 0 Å². The van der Waals surface area contributed by atoms with Gasteiger partial charge in [0.05, 0.1) is 15.9 Å². The van der Waals surface area contributed by atoms with Crippen molar-refractivity contribution in [3.05, 3.63) is 68.8 Å². The maximum absolute atomic E-state index is 12.9. The van der Waals surface area contributed by atoms with Crippen LogP contribution in [0.15, 0.2) is 41.3 Å². The van der Waals surface area contributed by atoms with Gasteiger partial charge in [0.15, 0.2) is 0 Å². The third kappa shape index (κ3) is 4.89. The molecule has 0 aliphatic carbocycles. The maximum Gasteiger partial charge on any atom is 0.269 e. The molecule has 2 aromatic rings. The number of hydrogen-bond acceptors (Lipinski definition) is 6. The van der Waals surface area contributed by atoms with Crippen molar-refractivity contribution in [3.8, 4) is 0 Å². The molecule has 2 aromatic carbocycles. The predicted octanol–water partition coefficient (Wildman–Crippen LogP) is 1.68. The van der Waals surface area contributed by atoms with Crippen molar-refractivity contribution in [2.45, 2.75) is 38.1 Å². The molecule has 0 unspecified atom stereocenters. The van der Waals surface area contributed by atoms with E-state index in [4.69, 9.17) is 0 Å². The Bertz CT molecular complexity index is 978. The minimum Gasteiger partial charge on any atom is -0.550 e. The molecule has 144 valence electrons. The summed E-state index contributed by atoms with van der Waals surface area (Å²) in [6.07, 6.45) is -0.662. The monoisotopic (exact) mass is 391 g/mol. The summed E-state index contributed by atoms with van der Waals surface area (Å²) in [6.45, 7) is 5.14. The first-order valence-electron chi connectivity index (χ1n) is 8.05. The molecular weight excluding hydrogens is 372 g/mol. The Morgan fingerprint density at radius 1 is 1.15 bits per heavy atom. The molecule has 8 nitrogen and oxygen atoms in total. The molecule has 0 bridgehead atoms. The molecule has 0 fully saturated rings. The van der Waals surface area contributed by atoms with Crippen LogP contribution in [0.1, 0.15) is 34.7 Å². The van der Waals surface area contributed by atoms with Crippen LogP contribution in [0.3, 0.4) is 0 Å². The van der Waals surface area contributed by atoms with E-state index in [9.17, 15) is 28.4 Å². The SMILES string of the molecule is Cc1cc(C)c(S(=O)(=O)N[C@@H](CC(=O)[O-])c2cccc([N+](=O)[O-])c2)c(C)c1. The van der Waals surface area contributed by atoms with Crippen molar-refractivity contribution < 1.29 is 23.2 Å². The highest BCUT2D eigenvalue weighted by Gasteiger charge is 2.26. The van der Waals surface area contributed by atoms with Gasteiger partial charge in [0.25, 0.3) is 5.69 Å². The van der Waals surface area contributed by atoms with Gasteiger partial charge in [0, 0.05) is 24.5 Å². The fraction of sp³-hybridized carbons (Fsp3) is 0.278. The van der Waals surface area contributed by atoms with E-state index in [1.165, 1.54) is 18.2 Å². The van der Waals surface area contributed by atoms with E-state index in [2.05, 4.69) is 4.72 Å². The molecule has 0 aliphatic heterocycles. The normalized spacial score (nSPS) is 12.6. The lowest BCUT2D eigenvalue weighted by atomic mass is 10.0. The highest BCUT2D eigenvalue weighted by Crippen LogP contribution is 2.27. The topological polar surface area (TPSA) is 129 Å². The van der Waals surface area contributed by atoms with Crippen LogP contribution in [0.25, 0.3) is 0 Å². The van der Waals surface area contributed by atoms with Gasteiger partial charge in [-0.15, -0.1) is 0 Å².